The average Bonchev–Trinajstić information content (AvgIpc) is 3.14. The maximum atomic E-state index is 13.2. The van der Waals surface area contributed by atoms with Gasteiger partial charge in [0.15, 0.2) is 0 Å². The van der Waals surface area contributed by atoms with Crippen LogP contribution in [0.1, 0.15) is 29.2 Å². The molecule has 1 saturated carbocycles. The van der Waals surface area contributed by atoms with Gasteiger partial charge in [0.05, 0.1) is 11.1 Å². The number of carbonyl (C=O) groups excluding carboxylic acids is 1. The number of nitrogens with zero attached hydrogens (tertiary/aromatic N) is 1. The van der Waals surface area contributed by atoms with Gasteiger partial charge in [0.25, 0.3) is 5.24 Å². The highest BCUT2D eigenvalue weighted by Gasteiger charge is 2.26. The number of pyridine rings is 1. The molecule has 1 aliphatic carbocycles. The zero-order chi connectivity index (χ0) is 12.9. The first-order valence-electron chi connectivity index (χ1n) is 5.62. The Morgan fingerprint density at radius 2 is 2.11 bits per heavy atom. The number of fused-ring (bicyclic) bond motifs is 1. The fourth-order valence-corrected chi connectivity index (χ4v) is 2.26. The average molecular weight is 266 g/mol. The Labute approximate surface area is 107 Å². The SMILES string of the molecule is O=C(Cl)c1cn(C2CC2)c2ccc(F)cc2c1=O. The van der Waals surface area contributed by atoms with Crippen molar-refractivity contribution in [2.75, 3.05) is 0 Å². The van der Waals surface area contributed by atoms with Crippen LogP contribution in [0.3, 0.4) is 0 Å². The third-order valence-electron chi connectivity index (χ3n) is 3.15. The first kappa shape index (κ1) is 11.4. The maximum absolute atomic E-state index is 13.2. The molecule has 3 rings (SSSR count). The summed E-state index contributed by atoms with van der Waals surface area (Å²) < 4.78 is 15.1. The Morgan fingerprint density at radius 1 is 1.39 bits per heavy atom. The van der Waals surface area contributed by atoms with Crippen LogP contribution in [-0.2, 0) is 0 Å². The molecule has 0 N–H and O–H groups in total. The van der Waals surface area contributed by atoms with Crippen molar-refractivity contribution in [3.05, 3.63) is 46.0 Å². The molecule has 0 bridgehead atoms. The van der Waals surface area contributed by atoms with E-state index in [1.54, 1.807) is 6.07 Å². The van der Waals surface area contributed by atoms with Crippen molar-refractivity contribution >= 4 is 27.7 Å². The second-order valence-corrected chi connectivity index (χ2v) is 4.79. The molecule has 1 heterocycles. The van der Waals surface area contributed by atoms with Crippen molar-refractivity contribution in [1.82, 2.24) is 4.57 Å². The Morgan fingerprint density at radius 3 is 2.72 bits per heavy atom. The van der Waals surface area contributed by atoms with E-state index >= 15 is 0 Å². The summed E-state index contributed by atoms with van der Waals surface area (Å²) in [5, 5.41) is -0.603. The standard InChI is InChI=1S/C13H9ClFNO2/c14-13(18)10-6-16(8-2-3-8)11-4-1-7(15)5-9(11)12(10)17/h1,4-6,8H,2-3H2. The van der Waals surface area contributed by atoms with Crippen molar-refractivity contribution in [1.29, 1.82) is 0 Å². The van der Waals surface area contributed by atoms with Crippen LogP contribution in [-0.4, -0.2) is 9.81 Å². The minimum Gasteiger partial charge on any atom is -0.343 e. The molecule has 18 heavy (non-hydrogen) atoms. The van der Waals surface area contributed by atoms with Crippen LogP contribution in [0.5, 0.6) is 0 Å². The van der Waals surface area contributed by atoms with E-state index in [0.717, 1.165) is 18.9 Å². The van der Waals surface area contributed by atoms with Gasteiger partial charge in [0.1, 0.15) is 5.82 Å². The number of benzene rings is 1. The summed E-state index contributed by atoms with van der Waals surface area (Å²) in [5.74, 6) is -0.499. The number of carbonyl (C=O) groups is 1. The molecule has 0 radical (unpaired) electrons. The van der Waals surface area contributed by atoms with E-state index in [1.165, 1.54) is 12.3 Å². The fraction of sp³-hybridized carbons (Fsp3) is 0.231. The Bertz CT molecular complexity index is 719. The Kier molecular flexibility index (Phi) is 2.48. The van der Waals surface area contributed by atoms with Crippen molar-refractivity contribution in [3.63, 3.8) is 0 Å². The second kappa shape index (κ2) is 3.92. The summed E-state index contributed by atoms with van der Waals surface area (Å²) in [4.78, 5) is 23.3. The minimum absolute atomic E-state index is 0.0957. The van der Waals surface area contributed by atoms with E-state index in [1.807, 2.05) is 4.57 Å². The van der Waals surface area contributed by atoms with Crippen LogP contribution in [0.4, 0.5) is 4.39 Å². The van der Waals surface area contributed by atoms with E-state index < -0.39 is 16.5 Å². The van der Waals surface area contributed by atoms with Crippen molar-refractivity contribution in [3.8, 4) is 0 Å². The van der Waals surface area contributed by atoms with Crippen LogP contribution >= 0.6 is 11.6 Å². The minimum atomic E-state index is -0.805. The molecule has 0 amide bonds. The lowest BCUT2D eigenvalue weighted by molar-refractivity contribution is 0.108. The number of rotatable bonds is 2. The van der Waals surface area contributed by atoms with E-state index in [0.29, 0.717) is 5.52 Å². The highest BCUT2D eigenvalue weighted by Crippen LogP contribution is 2.37. The molecular weight excluding hydrogens is 257 g/mol. The first-order chi connectivity index (χ1) is 8.58. The van der Waals surface area contributed by atoms with Gasteiger partial charge in [-0.1, -0.05) is 0 Å². The van der Waals surface area contributed by atoms with Gasteiger partial charge in [0.2, 0.25) is 5.43 Å². The van der Waals surface area contributed by atoms with E-state index in [9.17, 15) is 14.0 Å². The molecule has 5 heteroatoms. The Balaban J connectivity index is 2.43. The van der Waals surface area contributed by atoms with Gasteiger partial charge >= 0.3 is 0 Å². The van der Waals surface area contributed by atoms with Crippen molar-refractivity contribution in [2.24, 2.45) is 0 Å². The molecule has 1 aromatic carbocycles. The van der Waals surface area contributed by atoms with Gasteiger partial charge in [-0.2, -0.15) is 0 Å². The van der Waals surface area contributed by atoms with Crippen LogP contribution < -0.4 is 5.43 Å². The summed E-state index contributed by atoms with van der Waals surface area (Å²) in [6.07, 6.45) is 3.46. The van der Waals surface area contributed by atoms with Gasteiger partial charge in [-0.25, -0.2) is 4.39 Å². The topological polar surface area (TPSA) is 39.1 Å². The zero-order valence-electron chi connectivity index (χ0n) is 9.32. The van der Waals surface area contributed by atoms with Crippen LogP contribution in [0.15, 0.2) is 29.2 Å². The molecule has 1 aromatic heterocycles. The van der Waals surface area contributed by atoms with Gasteiger partial charge in [-0.15, -0.1) is 0 Å². The number of hydrogen-bond donors (Lipinski definition) is 0. The third-order valence-corrected chi connectivity index (χ3v) is 3.35. The van der Waals surface area contributed by atoms with Gasteiger partial charge in [-0.05, 0) is 42.6 Å². The smallest absolute Gasteiger partial charge is 0.257 e. The molecule has 0 spiro atoms. The zero-order valence-corrected chi connectivity index (χ0v) is 10.1. The van der Waals surface area contributed by atoms with Crippen LogP contribution in [0.25, 0.3) is 10.9 Å². The molecule has 0 saturated heterocycles. The molecule has 3 nitrogen and oxygen atoms in total. The largest absolute Gasteiger partial charge is 0.343 e. The quantitative estimate of drug-likeness (QED) is 0.783. The lowest BCUT2D eigenvalue weighted by Gasteiger charge is -2.11. The molecule has 0 unspecified atom stereocenters. The fourth-order valence-electron chi connectivity index (χ4n) is 2.12. The highest BCUT2D eigenvalue weighted by molar-refractivity contribution is 6.67. The normalized spacial score (nSPS) is 15.0. The summed E-state index contributed by atoms with van der Waals surface area (Å²) in [7, 11) is 0. The molecule has 1 aliphatic rings. The van der Waals surface area contributed by atoms with Gasteiger partial charge < -0.3 is 4.57 Å². The predicted molar refractivity (Wildman–Crippen MR) is 66.6 cm³/mol. The highest BCUT2D eigenvalue weighted by atomic mass is 35.5. The number of halogens is 2. The first-order valence-corrected chi connectivity index (χ1v) is 6.00. The second-order valence-electron chi connectivity index (χ2n) is 4.45. The van der Waals surface area contributed by atoms with Crippen LogP contribution in [0, 0.1) is 5.82 Å². The molecule has 92 valence electrons. The molecule has 0 atom stereocenters. The summed E-state index contributed by atoms with van der Waals surface area (Å²) in [6.45, 7) is 0. The molecule has 2 aromatic rings. The van der Waals surface area contributed by atoms with Crippen LogP contribution in [0.2, 0.25) is 0 Å². The van der Waals surface area contributed by atoms with E-state index in [2.05, 4.69) is 0 Å². The van der Waals surface area contributed by atoms with Gasteiger partial charge in [0, 0.05) is 17.6 Å². The van der Waals surface area contributed by atoms with Crippen molar-refractivity contribution in [2.45, 2.75) is 18.9 Å². The molecule has 0 aliphatic heterocycles. The van der Waals surface area contributed by atoms with Crippen molar-refractivity contribution < 1.29 is 9.18 Å². The summed E-state index contributed by atoms with van der Waals surface area (Å²) in [5.41, 5.74) is 0.0358. The maximum Gasteiger partial charge on any atom is 0.257 e. The lowest BCUT2D eigenvalue weighted by Crippen LogP contribution is -2.16. The Hall–Kier alpha value is -1.68. The molecular formula is C13H9ClFNO2. The van der Waals surface area contributed by atoms with E-state index in [-0.39, 0.29) is 17.0 Å². The summed E-state index contributed by atoms with van der Waals surface area (Å²) in [6, 6.07) is 4.30. The predicted octanol–water partition coefficient (Wildman–Crippen LogP) is 2.85. The molecule has 1 fully saturated rings. The third kappa shape index (κ3) is 1.73. The number of hydrogen-bond acceptors (Lipinski definition) is 2. The summed E-state index contributed by atoms with van der Waals surface area (Å²) >= 11 is 5.40. The monoisotopic (exact) mass is 265 g/mol. The van der Waals surface area contributed by atoms with Gasteiger partial charge in [-0.3, -0.25) is 9.59 Å². The lowest BCUT2D eigenvalue weighted by atomic mass is 10.1. The van der Waals surface area contributed by atoms with E-state index in [4.69, 9.17) is 11.6 Å². The number of aromatic nitrogens is 1.